The molecule has 0 aliphatic carbocycles. The molecule has 1 atom stereocenters. The van der Waals surface area contributed by atoms with Gasteiger partial charge < -0.3 is 26.3 Å². The van der Waals surface area contributed by atoms with E-state index in [9.17, 15) is 9.59 Å². The molecule has 2 aromatic heterocycles. The summed E-state index contributed by atoms with van der Waals surface area (Å²) in [7, 11) is 0. The Hall–Kier alpha value is -4.40. The lowest BCUT2D eigenvalue weighted by atomic mass is 9.94. The summed E-state index contributed by atoms with van der Waals surface area (Å²) in [5, 5.41) is 10.6. The molecular formula is C36H47N7O2. The summed E-state index contributed by atoms with van der Waals surface area (Å²) in [5.74, 6) is 1.42. The number of hydrogen-bond donors (Lipinski definition) is 4. The topological polar surface area (TPSA) is 127 Å². The van der Waals surface area contributed by atoms with Gasteiger partial charge in [0.2, 0.25) is 5.91 Å². The van der Waals surface area contributed by atoms with Crippen LogP contribution in [0.2, 0.25) is 0 Å². The molecule has 238 valence electrons. The van der Waals surface area contributed by atoms with Gasteiger partial charge in [-0.15, -0.1) is 0 Å². The Morgan fingerprint density at radius 2 is 1.69 bits per heavy atom. The van der Waals surface area contributed by atoms with Crippen molar-refractivity contribution >= 4 is 39.6 Å². The van der Waals surface area contributed by atoms with Crippen LogP contribution in [0.15, 0.2) is 59.8 Å². The van der Waals surface area contributed by atoms with E-state index in [2.05, 4.69) is 52.3 Å². The number of hydrogen-bond acceptors (Lipinski definition) is 6. The second-order valence-electron chi connectivity index (χ2n) is 12.2. The Balaban J connectivity index is 1.06. The highest BCUT2D eigenvalue weighted by Crippen LogP contribution is 2.29. The lowest BCUT2D eigenvalue weighted by Gasteiger charge is -2.32. The fourth-order valence-corrected chi connectivity index (χ4v) is 6.05. The second kappa shape index (κ2) is 15.1. The molecule has 5 N–H and O–H groups in total. The van der Waals surface area contributed by atoms with Crippen LogP contribution in [0.3, 0.4) is 0 Å². The third-order valence-corrected chi connectivity index (χ3v) is 8.86. The van der Waals surface area contributed by atoms with Gasteiger partial charge in [0.25, 0.3) is 5.91 Å². The molecule has 2 amide bonds. The van der Waals surface area contributed by atoms with Gasteiger partial charge >= 0.3 is 0 Å². The number of carbonyl (C=O) groups excluding carboxylic acids is 2. The van der Waals surface area contributed by atoms with Crippen molar-refractivity contribution < 1.29 is 9.59 Å². The summed E-state index contributed by atoms with van der Waals surface area (Å²) in [6.07, 6.45) is 8.24. The third kappa shape index (κ3) is 7.82. The fraction of sp³-hybridized carbons (Fsp3) is 0.444. The molecule has 2 aromatic carbocycles. The zero-order valence-corrected chi connectivity index (χ0v) is 26.9. The van der Waals surface area contributed by atoms with Crippen LogP contribution in [0.1, 0.15) is 87.5 Å². The first kappa shape index (κ1) is 32.0. The van der Waals surface area contributed by atoms with Gasteiger partial charge in [-0.2, -0.15) is 0 Å². The van der Waals surface area contributed by atoms with E-state index >= 15 is 0 Å². The lowest BCUT2D eigenvalue weighted by molar-refractivity contribution is -0.120. The molecule has 5 rings (SSSR count). The first-order chi connectivity index (χ1) is 21.9. The number of rotatable bonds is 16. The number of imidazole rings is 1. The molecule has 9 nitrogen and oxygen atoms in total. The predicted molar refractivity (Wildman–Crippen MR) is 182 cm³/mol. The number of nitrogen functional groups attached to an aromatic ring is 1. The summed E-state index contributed by atoms with van der Waals surface area (Å²) in [5.41, 5.74) is 13.3. The maximum atomic E-state index is 12.8. The van der Waals surface area contributed by atoms with Crippen LogP contribution >= 0.6 is 0 Å². The monoisotopic (exact) mass is 609 g/mol. The average Bonchev–Trinajstić information content (AvgIpc) is 3.42. The van der Waals surface area contributed by atoms with Crippen molar-refractivity contribution in [1.82, 2.24) is 30.5 Å². The van der Waals surface area contributed by atoms with Crippen molar-refractivity contribution in [2.45, 2.75) is 91.1 Å². The predicted octanol–water partition coefficient (Wildman–Crippen LogP) is 5.81. The molecule has 3 heterocycles. The quantitative estimate of drug-likeness (QED) is 0.119. The van der Waals surface area contributed by atoms with Gasteiger partial charge in [0.15, 0.2) is 5.82 Å². The number of aromatic nitrogens is 3. The van der Waals surface area contributed by atoms with Crippen LogP contribution < -0.4 is 21.7 Å². The van der Waals surface area contributed by atoms with Crippen LogP contribution in [-0.4, -0.2) is 45.5 Å². The normalized spacial score (nSPS) is 14.4. The van der Waals surface area contributed by atoms with Gasteiger partial charge in [0, 0.05) is 48.7 Å². The Bertz CT molecular complexity index is 1670. The number of anilines is 1. The molecule has 0 saturated heterocycles. The smallest absolute Gasteiger partial charge is 0.251 e. The molecule has 1 unspecified atom stereocenters. The zero-order chi connectivity index (χ0) is 31.8. The fourth-order valence-electron chi connectivity index (χ4n) is 6.05. The number of nitrogens with two attached hydrogens (primary N) is 1. The zero-order valence-electron chi connectivity index (χ0n) is 26.9. The van der Waals surface area contributed by atoms with E-state index in [4.69, 9.17) is 10.7 Å². The molecule has 9 heteroatoms. The number of aryl methyl sites for hydroxylation is 2. The maximum Gasteiger partial charge on any atom is 0.251 e. The number of nitrogens with zero attached hydrogens (tertiary/aromatic N) is 3. The number of benzene rings is 2. The Kier molecular flexibility index (Phi) is 10.7. The Morgan fingerprint density at radius 3 is 2.44 bits per heavy atom. The second-order valence-corrected chi connectivity index (χ2v) is 12.2. The molecule has 0 spiro atoms. The highest BCUT2D eigenvalue weighted by Gasteiger charge is 2.21. The van der Waals surface area contributed by atoms with Crippen LogP contribution in [-0.2, 0) is 24.2 Å². The van der Waals surface area contributed by atoms with Gasteiger partial charge in [-0.05, 0) is 81.7 Å². The van der Waals surface area contributed by atoms with Crippen LogP contribution in [0, 0.1) is 0 Å². The molecule has 1 aliphatic heterocycles. The largest absolute Gasteiger partial charge is 0.382 e. The van der Waals surface area contributed by atoms with Crippen LogP contribution in [0.5, 0.6) is 0 Å². The number of para-hydroxylation sites is 1. The first-order valence-corrected chi connectivity index (χ1v) is 16.5. The number of nitrogens with one attached hydrogen (secondary N) is 3. The lowest BCUT2D eigenvalue weighted by Crippen LogP contribution is -2.39. The summed E-state index contributed by atoms with van der Waals surface area (Å²) in [4.78, 5) is 34.6. The van der Waals surface area contributed by atoms with Crippen molar-refractivity contribution in [2.75, 3.05) is 18.8 Å². The van der Waals surface area contributed by atoms with Crippen molar-refractivity contribution in [3.05, 3.63) is 76.8 Å². The van der Waals surface area contributed by atoms with E-state index in [-0.39, 0.29) is 11.8 Å². The number of pyridine rings is 1. The molecule has 1 aliphatic rings. The number of amides is 2. The van der Waals surface area contributed by atoms with Crippen LogP contribution in [0.4, 0.5) is 5.82 Å². The maximum absolute atomic E-state index is 12.8. The average molecular weight is 610 g/mol. The molecule has 0 radical (unpaired) electrons. The highest BCUT2D eigenvalue weighted by atomic mass is 16.2. The van der Waals surface area contributed by atoms with Gasteiger partial charge in [-0.1, -0.05) is 43.7 Å². The SMILES string of the molecule is CCCCc1nc2c(N)nc3ccccc3c2n1CCCCNC(=O)c1ccc(CC(=O)NCCCCC2NC(C)=C2C)cc1. The standard InChI is InChI=1S/C36H47N7O2/c1-4-5-15-31-42-33-34(28-12-6-7-14-30(28)41-35(33)37)43(31)22-11-10-21-39-36(45)27-18-16-26(17-19-27)23-32(44)38-20-9-8-13-29-24(2)25(3)40-29/h6-7,12,14,16-19,29,40H,4-5,8-11,13,15,20-23H2,1-3H3,(H2,37,41)(H,38,44)(H,39,45). The van der Waals surface area contributed by atoms with E-state index in [1.807, 2.05) is 30.3 Å². The minimum atomic E-state index is -0.103. The van der Waals surface area contributed by atoms with Gasteiger partial charge in [0.05, 0.1) is 17.5 Å². The Morgan fingerprint density at radius 1 is 0.933 bits per heavy atom. The van der Waals surface area contributed by atoms with Crippen molar-refractivity contribution in [2.24, 2.45) is 0 Å². The summed E-state index contributed by atoms with van der Waals surface area (Å²) in [6, 6.07) is 15.9. The van der Waals surface area contributed by atoms with E-state index in [1.165, 1.54) is 11.3 Å². The molecule has 0 bridgehead atoms. The minimum Gasteiger partial charge on any atom is -0.382 e. The number of carbonyl (C=O) groups is 2. The Labute approximate surface area is 266 Å². The van der Waals surface area contributed by atoms with E-state index in [0.717, 1.165) is 91.2 Å². The number of allylic oxidation sites excluding steroid dienone is 1. The van der Waals surface area contributed by atoms with Crippen molar-refractivity contribution in [3.63, 3.8) is 0 Å². The number of unbranched alkanes of at least 4 members (excludes halogenated alkanes) is 3. The van der Waals surface area contributed by atoms with Gasteiger partial charge in [-0.3, -0.25) is 9.59 Å². The minimum absolute atomic E-state index is 0.0105. The molecule has 0 fully saturated rings. The molecule has 4 aromatic rings. The molecular weight excluding hydrogens is 562 g/mol. The summed E-state index contributed by atoms with van der Waals surface area (Å²) in [6.45, 7) is 8.54. The summed E-state index contributed by atoms with van der Waals surface area (Å²) < 4.78 is 2.30. The van der Waals surface area contributed by atoms with E-state index in [0.29, 0.717) is 36.9 Å². The summed E-state index contributed by atoms with van der Waals surface area (Å²) >= 11 is 0. The van der Waals surface area contributed by atoms with Crippen LogP contribution in [0.25, 0.3) is 21.9 Å². The third-order valence-electron chi connectivity index (χ3n) is 8.86. The van der Waals surface area contributed by atoms with Gasteiger partial charge in [-0.25, -0.2) is 9.97 Å². The first-order valence-electron chi connectivity index (χ1n) is 16.5. The molecule has 0 saturated carbocycles. The number of fused-ring (bicyclic) bond motifs is 3. The van der Waals surface area contributed by atoms with Crippen molar-refractivity contribution in [3.8, 4) is 0 Å². The highest BCUT2D eigenvalue weighted by molar-refractivity contribution is 6.06. The van der Waals surface area contributed by atoms with Gasteiger partial charge in [0.1, 0.15) is 11.3 Å². The molecule has 45 heavy (non-hydrogen) atoms. The van der Waals surface area contributed by atoms with E-state index in [1.54, 1.807) is 12.1 Å². The van der Waals surface area contributed by atoms with E-state index < -0.39 is 0 Å². The van der Waals surface area contributed by atoms with Crippen molar-refractivity contribution in [1.29, 1.82) is 0 Å².